The summed E-state index contributed by atoms with van der Waals surface area (Å²) in [5.41, 5.74) is 3.59. The number of piperidine rings is 1. The van der Waals surface area contributed by atoms with E-state index in [4.69, 9.17) is 21.1 Å². The number of hydrogen-bond donors (Lipinski definition) is 1. The molecular formula is C27H30ClN5O4. The highest BCUT2D eigenvalue weighted by Gasteiger charge is 2.72. The summed E-state index contributed by atoms with van der Waals surface area (Å²) in [4.78, 5) is 31.7. The van der Waals surface area contributed by atoms with Crippen molar-refractivity contribution in [3.63, 3.8) is 0 Å². The zero-order valence-corrected chi connectivity index (χ0v) is 22.1. The molecule has 0 spiro atoms. The van der Waals surface area contributed by atoms with Gasteiger partial charge in [0, 0.05) is 29.9 Å². The molecule has 10 heteroatoms. The van der Waals surface area contributed by atoms with Crippen LogP contribution >= 0.6 is 11.6 Å². The number of rotatable bonds is 6. The number of benzene rings is 1. The standard InChI is InChI=1S/C27H30ClN5O4/c1-14-7-17(28)9-18(24(14)37-15(2)20-10-29-5-6-36-20)23-19-8-16(12-33(19)31-13-30-23)11-32-25(34)21-22(26(32)35)27(21,3)4/h7-9,12-13,15,20-22,29H,5-6,10-11H2,1-4H3/t15-,20+,21?,22?/m1/s1. The van der Waals surface area contributed by atoms with Gasteiger partial charge in [-0.25, -0.2) is 9.50 Å². The fraction of sp³-hybridized carbons (Fsp3) is 0.481. The number of nitrogens with one attached hydrogen (secondary N) is 1. The number of ether oxygens (including phenoxy) is 2. The predicted molar refractivity (Wildman–Crippen MR) is 137 cm³/mol. The van der Waals surface area contributed by atoms with Crippen molar-refractivity contribution in [2.75, 3.05) is 19.7 Å². The molecule has 4 heterocycles. The molecule has 194 valence electrons. The Morgan fingerprint density at radius 1 is 1.24 bits per heavy atom. The van der Waals surface area contributed by atoms with Crippen LogP contribution in [0.5, 0.6) is 5.75 Å². The van der Waals surface area contributed by atoms with E-state index in [0.29, 0.717) is 23.1 Å². The molecule has 37 heavy (non-hydrogen) atoms. The van der Waals surface area contributed by atoms with Crippen LogP contribution in [0.4, 0.5) is 0 Å². The minimum atomic E-state index is -0.231. The van der Waals surface area contributed by atoms with Gasteiger partial charge in [-0.3, -0.25) is 14.5 Å². The van der Waals surface area contributed by atoms with E-state index in [-0.39, 0.29) is 47.8 Å². The maximum absolute atomic E-state index is 12.9. The SMILES string of the molecule is Cc1cc(Cl)cc(-c2ncnn3cc(CN4C(=O)C5C(C4=O)C5(C)C)cc23)c1O[C@H](C)[C@@H]1CNCCO1. The van der Waals surface area contributed by atoms with Crippen LogP contribution in [-0.2, 0) is 20.9 Å². The van der Waals surface area contributed by atoms with Crippen LogP contribution in [0.3, 0.4) is 0 Å². The topological polar surface area (TPSA) is 98.1 Å². The zero-order chi connectivity index (χ0) is 26.1. The third-order valence-electron chi connectivity index (χ3n) is 7.97. The van der Waals surface area contributed by atoms with Gasteiger partial charge in [-0.2, -0.15) is 5.10 Å². The van der Waals surface area contributed by atoms with Gasteiger partial charge < -0.3 is 14.8 Å². The second-order valence-corrected chi connectivity index (χ2v) is 11.3. The van der Waals surface area contributed by atoms with Crippen molar-refractivity contribution in [1.29, 1.82) is 0 Å². The molecule has 6 rings (SSSR count). The molecule has 1 aliphatic carbocycles. The Balaban J connectivity index is 1.33. The molecule has 4 atom stereocenters. The molecule has 3 fully saturated rings. The molecule has 2 unspecified atom stereocenters. The number of hydrogen-bond acceptors (Lipinski definition) is 7. The van der Waals surface area contributed by atoms with Crippen molar-refractivity contribution < 1.29 is 19.1 Å². The number of halogens is 1. The normalized spacial score (nSPS) is 25.4. The van der Waals surface area contributed by atoms with Crippen LogP contribution in [0, 0.1) is 24.2 Å². The van der Waals surface area contributed by atoms with Crippen LogP contribution < -0.4 is 10.1 Å². The second-order valence-electron chi connectivity index (χ2n) is 10.9. The van der Waals surface area contributed by atoms with E-state index in [1.807, 2.05) is 52.1 Å². The maximum Gasteiger partial charge on any atom is 0.233 e. The first-order valence-electron chi connectivity index (χ1n) is 12.6. The van der Waals surface area contributed by atoms with Crippen LogP contribution in [0.2, 0.25) is 5.02 Å². The summed E-state index contributed by atoms with van der Waals surface area (Å²) >= 11 is 6.48. The average molecular weight is 524 g/mol. The minimum Gasteiger partial charge on any atom is -0.487 e. The summed E-state index contributed by atoms with van der Waals surface area (Å²) in [5.74, 6) is 0.104. The molecule has 2 aliphatic heterocycles. The highest BCUT2D eigenvalue weighted by atomic mass is 35.5. The van der Waals surface area contributed by atoms with Gasteiger partial charge in [0.2, 0.25) is 11.8 Å². The summed E-state index contributed by atoms with van der Waals surface area (Å²) in [6.07, 6.45) is 3.04. The number of fused-ring (bicyclic) bond motifs is 2. The Morgan fingerprint density at radius 2 is 2.00 bits per heavy atom. The van der Waals surface area contributed by atoms with Gasteiger partial charge in [0.25, 0.3) is 0 Å². The van der Waals surface area contributed by atoms with Crippen LogP contribution in [0.25, 0.3) is 16.8 Å². The summed E-state index contributed by atoms with van der Waals surface area (Å²) < 4.78 is 14.1. The molecular weight excluding hydrogens is 494 g/mol. The lowest BCUT2D eigenvalue weighted by molar-refractivity contribution is -0.143. The number of carbonyl (C=O) groups is 2. The Hall–Kier alpha value is -3.01. The Labute approximate surface area is 220 Å². The maximum atomic E-state index is 12.9. The van der Waals surface area contributed by atoms with Crippen LogP contribution in [-0.4, -0.2) is 63.2 Å². The van der Waals surface area contributed by atoms with Crippen molar-refractivity contribution in [2.45, 2.75) is 46.4 Å². The lowest BCUT2D eigenvalue weighted by Crippen LogP contribution is -2.46. The number of aromatic nitrogens is 3. The number of likely N-dealkylation sites (tertiary alicyclic amines) is 1. The number of carbonyl (C=O) groups excluding carboxylic acids is 2. The van der Waals surface area contributed by atoms with E-state index in [1.54, 1.807) is 4.52 Å². The van der Waals surface area contributed by atoms with E-state index in [1.165, 1.54) is 11.2 Å². The van der Waals surface area contributed by atoms with E-state index < -0.39 is 0 Å². The van der Waals surface area contributed by atoms with Gasteiger partial charge in [-0.05, 0) is 48.6 Å². The Morgan fingerprint density at radius 3 is 2.70 bits per heavy atom. The largest absolute Gasteiger partial charge is 0.487 e. The van der Waals surface area contributed by atoms with Crippen LogP contribution in [0.15, 0.2) is 30.7 Å². The number of amides is 2. The molecule has 3 aliphatic rings. The van der Waals surface area contributed by atoms with Crippen molar-refractivity contribution in [3.05, 3.63) is 46.9 Å². The zero-order valence-electron chi connectivity index (χ0n) is 21.3. The Kier molecular flexibility index (Phi) is 5.78. The molecule has 1 N–H and O–H groups in total. The number of morpholine rings is 1. The van der Waals surface area contributed by atoms with Gasteiger partial charge >= 0.3 is 0 Å². The van der Waals surface area contributed by atoms with Crippen molar-refractivity contribution >= 4 is 28.9 Å². The quantitative estimate of drug-likeness (QED) is 0.495. The first-order valence-corrected chi connectivity index (χ1v) is 13.0. The van der Waals surface area contributed by atoms with Gasteiger partial charge in [0.05, 0.1) is 30.5 Å². The molecule has 2 amide bonds. The molecule has 1 saturated carbocycles. The van der Waals surface area contributed by atoms with Crippen molar-refractivity contribution in [2.24, 2.45) is 17.3 Å². The Bertz CT molecular complexity index is 1390. The number of nitrogens with zero attached hydrogens (tertiary/aromatic N) is 4. The van der Waals surface area contributed by atoms with Gasteiger partial charge in [0.1, 0.15) is 30.0 Å². The fourth-order valence-electron chi connectivity index (χ4n) is 5.83. The highest BCUT2D eigenvalue weighted by molar-refractivity contribution is 6.31. The van der Waals surface area contributed by atoms with E-state index in [2.05, 4.69) is 15.4 Å². The highest BCUT2D eigenvalue weighted by Crippen LogP contribution is 2.63. The third kappa shape index (κ3) is 4.00. The van der Waals surface area contributed by atoms with Crippen molar-refractivity contribution in [3.8, 4) is 17.0 Å². The van der Waals surface area contributed by atoms with E-state index in [0.717, 1.165) is 35.3 Å². The summed E-state index contributed by atoms with van der Waals surface area (Å²) in [7, 11) is 0. The number of imide groups is 1. The van der Waals surface area contributed by atoms with Gasteiger partial charge in [-0.1, -0.05) is 25.4 Å². The summed E-state index contributed by atoms with van der Waals surface area (Å²) in [6, 6.07) is 5.63. The third-order valence-corrected chi connectivity index (χ3v) is 8.19. The second kappa shape index (κ2) is 8.79. The summed E-state index contributed by atoms with van der Waals surface area (Å²) in [5, 5.41) is 8.28. The van der Waals surface area contributed by atoms with Crippen molar-refractivity contribution in [1.82, 2.24) is 24.8 Å². The van der Waals surface area contributed by atoms with Gasteiger partial charge in [0.15, 0.2) is 0 Å². The lowest BCUT2D eigenvalue weighted by Gasteiger charge is -2.30. The minimum absolute atomic E-state index is 0.0753. The van der Waals surface area contributed by atoms with E-state index >= 15 is 0 Å². The molecule has 9 nitrogen and oxygen atoms in total. The number of aryl methyl sites for hydroxylation is 1. The van der Waals surface area contributed by atoms with E-state index in [9.17, 15) is 9.59 Å². The first kappa shape index (κ1) is 24.3. The fourth-order valence-corrected chi connectivity index (χ4v) is 6.10. The predicted octanol–water partition coefficient (Wildman–Crippen LogP) is 3.25. The monoisotopic (exact) mass is 523 g/mol. The molecule has 0 radical (unpaired) electrons. The molecule has 2 aromatic heterocycles. The first-order chi connectivity index (χ1) is 17.7. The molecule has 0 bridgehead atoms. The molecule has 2 saturated heterocycles. The summed E-state index contributed by atoms with van der Waals surface area (Å²) in [6.45, 7) is 10.3. The molecule has 1 aromatic carbocycles. The smallest absolute Gasteiger partial charge is 0.233 e. The average Bonchev–Trinajstić information content (AvgIpc) is 3.11. The molecule has 3 aromatic rings. The van der Waals surface area contributed by atoms with Crippen LogP contribution in [0.1, 0.15) is 31.9 Å². The lowest BCUT2D eigenvalue weighted by atomic mass is 10.0. The van der Waals surface area contributed by atoms with Gasteiger partial charge in [-0.15, -0.1) is 0 Å².